The first-order valence-corrected chi connectivity index (χ1v) is 19.7. The van der Waals surface area contributed by atoms with Crippen molar-refractivity contribution in [2.45, 2.75) is 69.2 Å². The van der Waals surface area contributed by atoms with Gasteiger partial charge in [-0.1, -0.05) is 19.1 Å². The second kappa shape index (κ2) is 13.8. The zero-order valence-electron chi connectivity index (χ0n) is 29.2. The molecule has 0 aromatic carbocycles. The summed E-state index contributed by atoms with van der Waals surface area (Å²) >= 11 is 7.24. The van der Waals surface area contributed by atoms with Gasteiger partial charge in [0.2, 0.25) is 0 Å². The maximum absolute atomic E-state index is 10.8. The van der Waals surface area contributed by atoms with Crippen molar-refractivity contribution < 1.29 is 5.11 Å². The van der Waals surface area contributed by atoms with Gasteiger partial charge in [0.1, 0.15) is 23.3 Å². The SMILES string of the molecule is CC1(c2ccc(CNc3cc(N[C@H]4CC[C@H](N)CC4)nc4c(Br)cnn34)cn2)[C@@H]2[C@@H](CO)N(c3cc(NCc4cccnc4)n4ncc(Br)c4n3)C[C@@H]21. The van der Waals surface area contributed by atoms with Crippen molar-refractivity contribution in [3.05, 3.63) is 93.1 Å². The summed E-state index contributed by atoms with van der Waals surface area (Å²) in [5, 5.41) is 30.6. The van der Waals surface area contributed by atoms with Crippen LogP contribution in [0.5, 0.6) is 0 Å². The van der Waals surface area contributed by atoms with Gasteiger partial charge in [0, 0.05) is 73.6 Å². The van der Waals surface area contributed by atoms with E-state index in [9.17, 15) is 5.11 Å². The van der Waals surface area contributed by atoms with Crippen LogP contribution in [0.15, 0.2) is 76.3 Å². The minimum absolute atomic E-state index is 0.0274. The largest absolute Gasteiger partial charge is 0.394 e. The summed E-state index contributed by atoms with van der Waals surface area (Å²) in [6.07, 6.45) is 13.2. The van der Waals surface area contributed by atoms with E-state index in [1.807, 2.05) is 41.2 Å². The zero-order chi connectivity index (χ0) is 36.3. The number of hydrogen-bond donors (Lipinski definition) is 5. The first kappa shape index (κ1) is 34.4. The fourth-order valence-electron chi connectivity index (χ4n) is 8.53. The Morgan fingerprint density at radius 3 is 2.25 bits per heavy atom. The Balaban J connectivity index is 0.894. The Kier molecular flexibility index (Phi) is 8.95. The van der Waals surface area contributed by atoms with Crippen LogP contribution in [0, 0.1) is 11.8 Å². The standard InChI is InChI=1S/C37H41Br2N13O/c1-37(25-19-50(28(20-53)34(25)37)33-12-32(44-15-21-3-2-10-41-13-21)52-36(49-33)27(39)18-46-52)29-9-4-22(14-42-29)16-43-31-11-30(47-24-7-5-23(40)6-8-24)48-35-26(38)17-45-51(31)35/h2-4,9-14,17-18,23-25,28,34,43-44,53H,5-8,15-16,19-20,40H2,1H3,(H,47,48)/t23-,24-,25-,28+,34-,37?/m0/s1. The molecule has 0 spiro atoms. The van der Waals surface area contributed by atoms with Crippen LogP contribution in [0.3, 0.4) is 0 Å². The summed E-state index contributed by atoms with van der Waals surface area (Å²) in [6, 6.07) is 12.9. The van der Waals surface area contributed by atoms with Crippen molar-refractivity contribution in [3.63, 3.8) is 0 Å². The third-order valence-corrected chi connectivity index (χ3v) is 12.6. The van der Waals surface area contributed by atoms with Crippen LogP contribution in [0.25, 0.3) is 11.3 Å². The number of rotatable bonds is 11. The van der Waals surface area contributed by atoms with E-state index in [0.29, 0.717) is 31.1 Å². The lowest BCUT2D eigenvalue weighted by atomic mass is 9.92. The highest BCUT2D eigenvalue weighted by molar-refractivity contribution is 9.11. The molecule has 3 aliphatic rings. The number of halogens is 2. The molecule has 1 aliphatic heterocycles. The van der Waals surface area contributed by atoms with Crippen molar-refractivity contribution in [2.75, 3.05) is 34.0 Å². The molecule has 1 saturated heterocycles. The van der Waals surface area contributed by atoms with E-state index >= 15 is 0 Å². The number of aliphatic hydroxyl groups is 1. The second-order valence-electron chi connectivity index (χ2n) is 14.7. The number of aliphatic hydroxyl groups excluding tert-OH is 1. The molecular weight excluding hydrogens is 802 g/mol. The molecule has 4 atom stereocenters. The van der Waals surface area contributed by atoms with Gasteiger partial charge in [-0.15, -0.1) is 0 Å². The highest BCUT2D eigenvalue weighted by Gasteiger charge is 2.70. The van der Waals surface area contributed by atoms with Gasteiger partial charge < -0.3 is 31.7 Å². The average molecular weight is 844 g/mol. The van der Waals surface area contributed by atoms with E-state index < -0.39 is 0 Å². The Morgan fingerprint density at radius 1 is 0.887 bits per heavy atom. The summed E-state index contributed by atoms with van der Waals surface area (Å²) < 4.78 is 5.27. The molecule has 7 heterocycles. The van der Waals surface area contributed by atoms with Crippen molar-refractivity contribution in [2.24, 2.45) is 17.6 Å². The number of nitrogens with one attached hydrogen (secondary N) is 3. The van der Waals surface area contributed by atoms with Crippen LogP contribution >= 0.6 is 31.9 Å². The lowest BCUT2D eigenvalue weighted by molar-refractivity contribution is 0.247. The van der Waals surface area contributed by atoms with Gasteiger partial charge in [-0.05, 0) is 92.6 Å². The summed E-state index contributed by atoms with van der Waals surface area (Å²) in [5.74, 6) is 3.88. The first-order chi connectivity index (χ1) is 25.8. The molecule has 0 radical (unpaired) electrons. The van der Waals surface area contributed by atoms with Gasteiger partial charge in [0.25, 0.3) is 0 Å². The van der Waals surface area contributed by atoms with Crippen LogP contribution in [-0.2, 0) is 18.5 Å². The third-order valence-electron chi connectivity index (χ3n) is 11.5. The molecule has 14 nitrogen and oxygen atoms in total. The van der Waals surface area contributed by atoms with E-state index in [1.54, 1.807) is 23.1 Å². The number of aromatic nitrogens is 8. The Bertz CT molecular complexity index is 2260. The van der Waals surface area contributed by atoms with Gasteiger partial charge in [0.05, 0.1) is 34.0 Å². The smallest absolute Gasteiger partial charge is 0.173 e. The van der Waals surface area contributed by atoms with Gasteiger partial charge in [0.15, 0.2) is 11.3 Å². The maximum Gasteiger partial charge on any atom is 0.173 e. The van der Waals surface area contributed by atoms with Gasteiger partial charge in [-0.2, -0.15) is 19.2 Å². The Hall–Kier alpha value is -4.38. The lowest BCUT2D eigenvalue weighted by Gasteiger charge is -2.32. The fourth-order valence-corrected chi connectivity index (χ4v) is 9.22. The molecule has 274 valence electrons. The summed E-state index contributed by atoms with van der Waals surface area (Å²) in [5.41, 5.74) is 10.6. The van der Waals surface area contributed by atoms with Crippen LogP contribution in [-0.4, -0.2) is 75.5 Å². The van der Waals surface area contributed by atoms with Gasteiger partial charge in [-0.25, -0.2) is 9.97 Å². The maximum atomic E-state index is 10.8. The quantitative estimate of drug-likeness (QED) is 0.113. The van der Waals surface area contributed by atoms with Gasteiger partial charge in [-0.3, -0.25) is 9.97 Å². The van der Waals surface area contributed by atoms with Crippen molar-refractivity contribution >= 4 is 66.4 Å². The second-order valence-corrected chi connectivity index (χ2v) is 16.4. The first-order valence-electron chi connectivity index (χ1n) is 18.1. The van der Waals surface area contributed by atoms with E-state index in [2.05, 4.69) is 86.9 Å². The highest BCUT2D eigenvalue weighted by atomic mass is 79.9. The number of anilines is 4. The summed E-state index contributed by atoms with van der Waals surface area (Å²) in [4.78, 5) is 21.3. The Morgan fingerprint density at radius 2 is 1.58 bits per heavy atom. The molecule has 2 saturated carbocycles. The molecule has 9 rings (SSSR count). The summed E-state index contributed by atoms with van der Waals surface area (Å²) in [6.45, 7) is 4.25. The molecule has 6 N–H and O–H groups in total. The average Bonchev–Trinajstić information content (AvgIpc) is 3.56. The molecule has 6 aromatic heterocycles. The molecule has 3 fully saturated rings. The number of hydrogen-bond acceptors (Lipinski definition) is 12. The molecule has 0 amide bonds. The monoisotopic (exact) mass is 841 g/mol. The molecule has 16 heteroatoms. The molecule has 1 unspecified atom stereocenters. The van der Waals surface area contributed by atoms with Crippen LogP contribution in [0.2, 0.25) is 0 Å². The van der Waals surface area contributed by atoms with E-state index in [1.165, 1.54) is 0 Å². The fraction of sp³-hybridized carbons (Fsp3) is 0.405. The van der Waals surface area contributed by atoms with Gasteiger partial charge >= 0.3 is 0 Å². The van der Waals surface area contributed by atoms with E-state index in [4.69, 9.17) is 20.7 Å². The minimum atomic E-state index is -0.138. The van der Waals surface area contributed by atoms with Crippen molar-refractivity contribution in [1.29, 1.82) is 0 Å². The zero-order valence-corrected chi connectivity index (χ0v) is 32.4. The van der Waals surface area contributed by atoms with Crippen LogP contribution in [0.1, 0.15) is 49.4 Å². The molecule has 6 aromatic rings. The number of fused-ring (bicyclic) bond motifs is 3. The normalized spacial score (nSPS) is 25.2. The number of nitrogens with zero attached hydrogens (tertiary/aromatic N) is 9. The Labute approximate surface area is 323 Å². The van der Waals surface area contributed by atoms with E-state index in [-0.39, 0.29) is 24.0 Å². The number of pyridine rings is 2. The van der Waals surface area contributed by atoms with Crippen molar-refractivity contribution in [3.8, 4) is 0 Å². The van der Waals surface area contributed by atoms with Crippen LogP contribution < -0.4 is 26.6 Å². The third kappa shape index (κ3) is 6.28. The van der Waals surface area contributed by atoms with Crippen LogP contribution in [0.4, 0.5) is 23.3 Å². The predicted octanol–water partition coefficient (Wildman–Crippen LogP) is 5.38. The molecule has 53 heavy (non-hydrogen) atoms. The lowest BCUT2D eigenvalue weighted by Crippen LogP contribution is -2.41. The number of nitrogens with two attached hydrogens (primary N) is 1. The molecule has 2 aliphatic carbocycles. The highest BCUT2D eigenvalue weighted by Crippen LogP contribution is 2.65. The predicted molar refractivity (Wildman–Crippen MR) is 211 cm³/mol. The molecule has 0 bridgehead atoms. The summed E-state index contributed by atoms with van der Waals surface area (Å²) in [7, 11) is 0. The molecular formula is C37H41Br2N13O. The number of piperidine rings is 1. The topological polar surface area (TPSA) is 172 Å². The minimum Gasteiger partial charge on any atom is -0.394 e. The van der Waals surface area contributed by atoms with E-state index in [0.717, 1.165) is 92.6 Å². The van der Waals surface area contributed by atoms with Crippen molar-refractivity contribution in [1.82, 2.24) is 39.2 Å².